The summed E-state index contributed by atoms with van der Waals surface area (Å²) in [6.45, 7) is 7.30. The highest BCUT2D eigenvalue weighted by Crippen LogP contribution is 2.27. The molecule has 0 aliphatic carbocycles. The van der Waals surface area contributed by atoms with Crippen LogP contribution in [0.1, 0.15) is 29.4 Å². The lowest BCUT2D eigenvalue weighted by Gasteiger charge is -2.08. The number of aromatic nitrogens is 3. The molecule has 0 N–H and O–H groups in total. The van der Waals surface area contributed by atoms with E-state index in [1.54, 1.807) is 0 Å². The van der Waals surface area contributed by atoms with E-state index in [0.29, 0.717) is 0 Å². The number of benzene rings is 1. The first-order chi connectivity index (χ1) is 11.2. The number of hydrogen-bond donors (Lipinski definition) is 0. The number of nitrogens with zero attached hydrogens (tertiary/aromatic N) is 3. The van der Waals surface area contributed by atoms with Crippen molar-refractivity contribution in [3.05, 3.63) is 71.2 Å². The Kier molecular flexibility index (Phi) is 4.56. The van der Waals surface area contributed by atoms with Gasteiger partial charge in [0.2, 0.25) is 0 Å². The molecule has 0 spiro atoms. The Labute approximate surface area is 137 Å². The summed E-state index contributed by atoms with van der Waals surface area (Å²) in [7, 11) is 0. The minimum absolute atomic E-state index is 0.886. The van der Waals surface area contributed by atoms with E-state index in [4.69, 9.17) is 0 Å². The van der Waals surface area contributed by atoms with Crippen LogP contribution in [0.25, 0.3) is 10.9 Å². The van der Waals surface area contributed by atoms with E-state index < -0.39 is 0 Å². The molecule has 3 aromatic rings. The molecule has 118 valence electrons. The molecule has 0 unspecified atom stereocenters. The highest BCUT2D eigenvalue weighted by atomic mass is 15.1. The van der Waals surface area contributed by atoms with Gasteiger partial charge in [-0.05, 0) is 44.7 Å². The zero-order valence-electron chi connectivity index (χ0n) is 14.1. The van der Waals surface area contributed by atoms with Gasteiger partial charge in [-0.3, -0.25) is 0 Å². The van der Waals surface area contributed by atoms with Gasteiger partial charge >= 0.3 is 0 Å². The average Bonchev–Trinajstić information content (AvgIpc) is 2.84. The predicted octanol–water partition coefficient (Wildman–Crippen LogP) is 4.41. The monoisotopic (exact) mass is 305 g/mol. The molecular weight excluding hydrogens is 282 g/mol. The second kappa shape index (κ2) is 6.78. The second-order valence-electron chi connectivity index (χ2n) is 5.93. The van der Waals surface area contributed by atoms with Crippen molar-refractivity contribution in [1.29, 1.82) is 0 Å². The molecule has 3 heteroatoms. The first kappa shape index (κ1) is 15.5. The maximum absolute atomic E-state index is 4.45. The van der Waals surface area contributed by atoms with Gasteiger partial charge in [-0.15, -0.1) is 0 Å². The molecule has 23 heavy (non-hydrogen) atoms. The van der Waals surface area contributed by atoms with Crippen molar-refractivity contribution < 1.29 is 0 Å². The Morgan fingerprint density at radius 3 is 2.61 bits per heavy atom. The highest BCUT2D eigenvalue weighted by Gasteiger charge is 2.15. The van der Waals surface area contributed by atoms with Gasteiger partial charge in [0, 0.05) is 17.6 Å². The van der Waals surface area contributed by atoms with Crippen LogP contribution in [0.3, 0.4) is 0 Å². The lowest BCUT2D eigenvalue weighted by Crippen LogP contribution is -2.04. The van der Waals surface area contributed by atoms with Crippen molar-refractivity contribution >= 4 is 10.9 Å². The smallest absolute Gasteiger partial charge is 0.0877 e. The molecule has 3 rings (SSSR count). The van der Waals surface area contributed by atoms with Gasteiger partial charge in [0.1, 0.15) is 0 Å². The molecule has 2 heterocycles. The quantitative estimate of drug-likeness (QED) is 0.654. The molecule has 2 aromatic heterocycles. The molecule has 0 saturated heterocycles. The first-order valence-electron chi connectivity index (χ1n) is 8.17. The highest BCUT2D eigenvalue weighted by molar-refractivity contribution is 5.86. The van der Waals surface area contributed by atoms with Crippen LogP contribution >= 0.6 is 0 Å². The fourth-order valence-corrected chi connectivity index (χ4v) is 3.08. The molecule has 0 aliphatic heterocycles. The van der Waals surface area contributed by atoms with Crippen molar-refractivity contribution in [3.63, 3.8) is 0 Å². The van der Waals surface area contributed by atoms with Crippen LogP contribution in [0.15, 0.2) is 48.7 Å². The topological polar surface area (TPSA) is 30.7 Å². The molecule has 3 nitrogen and oxygen atoms in total. The standard InChI is InChI=1S/C20H23N3/c1-4-5-13-23-16(3)15(2)18-14-21-22-19(20(18)23)12-11-17-9-7-6-8-10-17/h4-10,14H,11-13H2,1-3H3/b5-4+. The molecule has 0 bridgehead atoms. The summed E-state index contributed by atoms with van der Waals surface area (Å²) < 4.78 is 2.36. The van der Waals surface area contributed by atoms with E-state index in [0.717, 1.165) is 25.1 Å². The first-order valence-corrected chi connectivity index (χ1v) is 8.17. The van der Waals surface area contributed by atoms with Crippen LogP contribution in [0, 0.1) is 13.8 Å². The van der Waals surface area contributed by atoms with E-state index in [9.17, 15) is 0 Å². The Morgan fingerprint density at radius 2 is 1.87 bits per heavy atom. The zero-order valence-corrected chi connectivity index (χ0v) is 14.1. The lowest BCUT2D eigenvalue weighted by atomic mass is 10.1. The van der Waals surface area contributed by atoms with Crippen LogP contribution in [0.4, 0.5) is 0 Å². The van der Waals surface area contributed by atoms with Crippen LogP contribution in [-0.4, -0.2) is 14.8 Å². The number of rotatable bonds is 5. The summed E-state index contributed by atoms with van der Waals surface area (Å²) in [5.74, 6) is 0. The molecule has 1 aromatic carbocycles. The third-order valence-corrected chi connectivity index (χ3v) is 4.53. The Morgan fingerprint density at radius 1 is 1.09 bits per heavy atom. The van der Waals surface area contributed by atoms with Crippen molar-refractivity contribution in [3.8, 4) is 0 Å². The van der Waals surface area contributed by atoms with Gasteiger partial charge in [0.25, 0.3) is 0 Å². The molecule has 0 saturated carbocycles. The summed E-state index contributed by atoms with van der Waals surface area (Å²) in [4.78, 5) is 0. The summed E-state index contributed by atoms with van der Waals surface area (Å²) >= 11 is 0. The van der Waals surface area contributed by atoms with Crippen LogP contribution in [0.2, 0.25) is 0 Å². The van der Waals surface area contributed by atoms with Crippen molar-refractivity contribution in [1.82, 2.24) is 14.8 Å². The molecule has 0 aliphatic rings. The second-order valence-corrected chi connectivity index (χ2v) is 5.93. The number of hydrogen-bond acceptors (Lipinski definition) is 2. The Bertz CT molecular complexity index is 829. The number of fused-ring (bicyclic) bond motifs is 1. The lowest BCUT2D eigenvalue weighted by molar-refractivity contribution is 0.796. The SMILES string of the molecule is C/C=C/Cn1c(C)c(C)c2cnnc(CCc3ccccc3)c21. The number of aryl methyl sites for hydroxylation is 3. The van der Waals surface area contributed by atoms with E-state index in [-0.39, 0.29) is 0 Å². The van der Waals surface area contributed by atoms with Crippen molar-refractivity contribution in [2.45, 2.75) is 40.2 Å². The Hall–Kier alpha value is -2.42. The maximum atomic E-state index is 4.45. The summed E-state index contributed by atoms with van der Waals surface area (Å²) in [5, 5.41) is 9.92. The zero-order chi connectivity index (χ0) is 16.2. The fourth-order valence-electron chi connectivity index (χ4n) is 3.08. The molecule has 0 amide bonds. The van der Waals surface area contributed by atoms with E-state index in [2.05, 4.69) is 78.0 Å². The normalized spacial score (nSPS) is 11.6. The van der Waals surface area contributed by atoms with Crippen molar-refractivity contribution in [2.24, 2.45) is 0 Å². The molecular formula is C20H23N3. The third-order valence-electron chi connectivity index (χ3n) is 4.53. The van der Waals surface area contributed by atoms with Gasteiger partial charge in [-0.25, -0.2) is 0 Å². The summed E-state index contributed by atoms with van der Waals surface area (Å²) in [6, 6.07) is 10.6. The largest absolute Gasteiger partial charge is 0.339 e. The van der Waals surface area contributed by atoms with Crippen molar-refractivity contribution in [2.75, 3.05) is 0 Å². The van der Waals surface area contributed by atoms with E-state index >= 15 is 0 Å². The predicted molar refractivity (Wildman–Crippen MR) is 95.7 cm³/mol. The minimum Gasteiger partial charge on any atom is -0.339 e. The minimum atomic E-state index is 0.886. The van der Waals surface area contributed by atoms with E-state index in [1.165, 1.54) is 27.7 Å². The number of allylic oxidation sites excluding steroid dienone is 2. The molecule has 0 atom stereocenters. The summed E-state index contributed by atoms with van der Waals surface area (Å²) in [6.07, 6.45) is 8.08. The molecule has 0 radical (unpaired) electrons. The van der Waals surface area contributed by atoms with E-state index in [1.807, 2.05) is 6.20 Å². The third kappa shape index (κ3) is 3.04. The van der Waals surface area contributed by atoms with Crippen LogP contribution in [0.5, 0.6) is 0 Å². The van der Waals surface area contributed by atoms with Gasteiger partial charge < -0.3 is 4.57 Å². The Balaban J connectivity index is 2.01. The van der Waals surface area contributed by atoms with Gasteiger partial charge in [-0.1, -0.05) is 42.5 Å². The average molecular weight is 305 g/mol. The maximum Gasteiger partial charge on any atom is 0.0877 e. The summed E-state index contributed by atoms with van der Waals surface area (Å²) in [5.41, 5.74) is 6.27. The van der Waals surface area contributed by atoms with Crippen LogP contribution in [-0.2, 0) is 19.4 Å². The van der Waals surface area contributed by atoms with Crippen LogP contribution < -0.4 is 0 Å². The molecule has 0 fully saturated rings. The fraction of sp³-hybridized carbons (Fsp3) is 0.300. The van der Waals surface area contributed by atoms with Gasteiger partial charge in [0.05, 0.1) is 17.4 Å². The van der Waals surface area contributed by atoms with Gasteiger partial charge in [0.15, 0.2) is 0 Å². The van der Waals surface area contributed by atoms with Gasteiger partial charge in [-0.2, -0.15) is 10.2 Å².